The molecule has 0 aliphatic rings. The Hall–Kier alpha value is -2.48. The van der Waals surface area contributed by atoms with Gasteiger partial charge in [0.2, 0.25) is 5.88 Å². The van der Waals surface area contributed by atoms with Crippen LogP contribution < -0.4 is 4.74 Å². The van der Waals surface area contributed by atoms with Crippen LogP contribution in [0, 0.1) is 6.92 Å². The van der Waals surface area contributed by atoms with Crippen LogP contribution in [0.2, 0.25) is 0 Å². The maximum absolute atomic E-state index is 12.9. The molecule has 0 saturated carbocycles. The topological polar surface area (TPSA) is 93.4 Å². The molecule has 8 nitrogen and oxygen atoms in total. The largest absolute Gasteiger partial charge is 0.474 e. The fraction of sp³-hybridized carbons (Fsp3) is 0.579. The summed E-state index contributed by atoms with van der Waals surface area (Å²) in [5.41, 5.74) is 0.602. The van der Waals surface area contributed by atoms with E-state index in [0.717, 1.165) is 0 Å². The maximum Gasteiger partial charge on any atom is 0.259 e. The first-order valence-electron chi connectivity index (χ1n) is 9.19. The summed E-state index contributed by atoms with van der Waals surface area (Å²) in [7, 11) is 0. The SMILES string of the molecule is CCN(CCn1nc(C)c(C(C)(C)O)n1)C(=O)c1cccnc1OC(C)C. The van der Waals surface area contributed by atoms with Crippen LogP contribution in [-0.4, -0.2) is 55.1 Å². The molecule has 1 N–H and O–H groups in total. The number of nitrogens with zero attached hydrogens (tertiary/aromatic N) is 5. The third-order valence-corrected chi connectivity index (χ3v) is 3.99. The monoisotopic (exact) mass is 375 g/mol. The van der Waals surface area contributed by atoms with Gasteiger partial charge in [0.25, 0.3) is 5.91 Å². The van der Waals surface area contributed by atoms with Gasteiger partial charge in [0.1, 0.15) is 16.9 Å². The van der Waals surface area contributed by atoms with Crippen LogP contribution in [0.25, 0.3) is 0 Å². The molecule has 1 amide bonds. The Labute approximate surface area is 160 Å². The number of carbonyl (C=O) groups is 1. The van der Waals surface area contributed by atoms with E-state index in [-0.39, 0.29) is 12.0 Å². The molecule has 2 aromatic heterocycles. The van der Waals surface area contributed by atoms with Crippen LogP contribution in [-0.2, 0) is 12.1 Å². The van der Waals surface area contributed by atoms with Gasteiger partial charge in [0.05, 0.1) is 18.3 Å². The van der Waals surface area contributed by atoms with Gasteiger partial charge in [0.15, 0.2) is 0 Å². The fourth-order valence-corrected chi connectivity index (χ4v) is 2.75. The summed E-state index contributed by atoms with van der Waals surface area (Å²) in [6.45, 7) is 12.3. The molecule has 0 aromatic carbocycles. The molecule has 0 saturated heterocycles. The summed E-state index contributed by atoms with van der Waals surface area (Å²) < 4.78 is 5.66. The smallest absolute Gasteiger partial charge is 0.259 e. The van der Waals surface area contributed by atoms with Gasteiger partial charge in [-0.05, 0) is 53.7 Å². The lowest BCUT2D eigenvalue weighted by Crippen LogP contribution is -2.34. The van der Waals surface area contributed by atoms with E-state index in [4.69, 9.17) is 4.74 Å². The van der Waals surface area contributed by atoms with E-state index < -0.39 is 5.60 Å². The molecule has 0 spiro atoms. The zero-order valence-electron chi connectivity index (χ0n) is 16.9. The highest BCUT2D eigenvalue weighted by Crippen LogP contribution is 2.20. The highest BCUT2D eigenvalue weighted by atomic mass is 16.5. The van der Waals surface area contributed by atoms with Gasteiger partial charge >= 0.3 is 0 Å². The van der Waals surface area contributed by atoms with Crippen molar-refractivity contribution >= 4 is 5.91 Å². The zero-order chi connectivity index (χ0) is 20.2. The minimum Gasteiger partial charge on any atom is -0.474 e. The number of ether oxygens (including phenoxy) is 1. The highest BCUT2D eigenvalue weighted by Gasteiger charge is 2.24. The van der Waals surface area contributed by atoms with Crippen molar-refractivity contribution in [2.45, 2.75) is 59.8 Å². The molecule has 0 unspecified atom stereocenters. The predicted octanol–water partition coefficient (Wildman–Crippen LogP) is 2.16. The quantitative estimate of drug-likeness (QED) is 0.760. The Kier molecular flexibility index (Phi) is 6.54. The molecule has 8 heteroatoms. The molecule has 0 atom stereocenters. The van der Waals surface area contributed by atoms with E-state index in [1.54, 1.807) is 37.1 Å². The number of aromatic nitrogens is 4. The molecule has 0 aliphatic carbocycles. The van der Waals surface area contributed by atoms with Gasteiger partial charge in [0, 0.05) is 19.3 Å². The summed E-state index contributed by atoms with van der Waals surface area (Å²) in [6.07, 6.45) is 1.54. The molecule has 0 radical (unpaired) electrons. The molecule has 2 heterocycles. The maximum atomic E-state index is 12.9. The highest BCUT2D eigenvalue weighted by molar-refractivity contribution is 5.96. The lowest BCUT2D eigenvalue weighted by molar-refractivity contribution is 0.0708. The van der Waals surface area contributed by atoms with Crippen molar-refractivity contribution in [1.82, 2.24) is 24.9 Å². The number of aryl methyl sites for hydroxylation is 1. The predicted molar refractivity (Wildman–Crippen MR) is 102 cm³/mol. The van der Waals surface area contributed by atoms with Crippen LogP contribution >= 0.6 is 0 Å². The van der Waals surface area contributed by atoms with Crippen molar-refractivity contribution in [2.75, 3.05) is 13.1 Å². The number of amides is 1. The number of hydrogen-bond donors (Lipinski definition) is 1. The Bertz CT molecular complexity index is 780. The van der Waals surface area contributed by atoms with Gasteiger partial charge in [-0.3, -0.25) is 4.79 Å². The second kappa shape index (κ2) is 8.47. The number of pyridine rings is 1. The molecule has 148 valence electrons. The summed E-state index contributed by atoms with van der Waals surface area (Å²) in [5, 5.41) is 18.8. The number of likely N-dealkylation sites (N-methyl/N-ethyl adjacent to an activating group) is 1. The number of carbonyl (C=O) groups excluding carboxylic acids is 1. The van der Waals surface area contributed by atoms with Crippen molar-refractivity contribution < 1.29 is 14.6 Å². The molecular formula is C19H29N5O3. The molecule has 0 bridgehead atoms. The summed E-state index contributed by atoms with van der Waals surface area (Å²) in [6, 6.07) is 3.45. The van der Waals surface area contributed by atoms with Gasteiger partial charge < -0.3 is 14.7 Å². The van der Waals surface area contributed by atoms with Crippen LogP contribution in [0.5, 0.6) is 5.88 Å². The van der Waals surface area contributed by atoms with Crippen LogP contribution in [0.1, 0.15) is 56.4 Å². The minimum absolute atomic E-state index is 0.0713. The second-order valence-corrected chi connectivity index (χ2v) is 7.20. The van der Waals surface area contributed by atoms with E-state index in [9.17, 15) is 9.90 Å². The average molecular weight is 375 g/mol. The number of rotatable bonds is 8. The fourth-order valence-electron chi connectivity index (χ4n) is 2.75. The van der Waals surface area contributed by atoms with Crippen LogP contribution in [0.3, 0.4) is 0 Å². The summed E-state index contributed by atoms with van der Waals surface area (Å²) >= 11 is 0. The van der Waals surface area contributed by atoms with E-state index in [1.165, 1.54) is 4.80 Å². The standard InChI is InChI=1S/C19H29N5O3/c1-7-23(11-12-24-21-14(4)16(22-24)19(5,6)26)18(25)15-9-8-10-20-17(15)27-13(2)3/h8-10,13,26H,7,11-12H2,1-6H3. The van der Waals surface area contributed by atoms with Gasteiger partial charge in [-0.2, -0.15) is 15.0 Å². The minimum atomic E-state index is -1.05. The van der Waals surface area contributed by atoms with Crippen molar-refractivity contribution in [3.63, 3.8) is 0 Å². The lowest BCUT2D eigenvalue weighted by atomic mass is 10.0. The number of hydrogen-bond acceptors (Lipinski definition) is 6. The van der Waals surface area contributed by atoms with Crippen molar-refractivity contribution in [3.8, 4) is 5.88 Å². The van der Waals surface area contributed by atoms with Crippen molar-refractivity contribution in [3.05, 3.63) is 35.3 Å². The molecule has 27 heavy (non-hydrogen) atoms. The normalized spacial score (nSPS) is 11.7. The molecule has 0 fully saturated rings. The zero-order valence-corrected chi connectivity index (χ0v) is 16.9. The first kappa shape index (κ1) is 20.8. The molecular weight excluding hydrogens is 346 g/mol. The van der Waals surface area contributed by atoms with E-state index >= 15 is 0 Å². The summed E-state index contributed by atoms with van der Waals surface area (Å²) in [4.78, 5) is 20.4. The Morgan fingerprint density at radius 2 is 2.07 bits per heavy atom. The first-order chi connectivity index (χ1) is 12.6. The summed E-state index contributed by atoms with van der Waals surface area (Å²) in [5.74, 6) is 0.196. The van der Waals surface area contributed by atoms with Crippen LogP contribution in [0.15, 0.2) is 18.3 Å². The third kappa shape index (κ3) is 5.26. The van der Waals surface area contributed by atoms with Gasteiger partial charge in [-0.25, -0.2) is 4.98 Å². The van der Waals surface area contributed by atoms with Gasteiger partial charge in [-0.15, -0.1) is 0 Å². The first-order valence-corrected chi connectivity index (χ1v) is 9.19. The Balaban J connectivity index is 2.13. The average Bonchev–Trinajstić information content (AvgIpc) is 2.96. The molecule has 2 aromatic rings. The van der Waals surface area contributed by atoms with Crippen LogP contribution in [0.4, 0.5) is 0 Å². The molecule has 0 aliphatic heterocycles. The van der Waals surface area contributed by atoms with E-state index in [1.807, 2.05) is 27.7 Å². The van der Waals surface area contributed by atoms with Crippen molar-refractivity contribution in [1.29, 1.82) is 0 Å². The molecule has 2 rings (SSSR count). The number of aliphatic hydroxyl groups is 1. The van der Waals surface area contributed by atoms with E-state index in [0.29, 0.717) is 42.5 Å². The van der Waals surface area contributed by atoms with Crippen molar-refractivity contribution in [2.24, 2.45) is 0 Å². The van der Waals surface area contributed by atoms with E-state index in [2.05, 4.69) is 15.2 Å². The Morgan fingerprint density at radius 1 is 1.37 bits per heavy atom. The Morgan fingerprint density at radius 3 is 2.63 bits per heavy atom. The lowest BCUT2D eigenvalue weighted by Gasteiger charge is -2.22. The third-order valence-electron chi connectivity index (χ3n) is 3.99. The van der Waals surface area contributed by atoms with Gasteiger partial charge in [-0.1, -0.05) is 0 Å². The second-order valence-electron chi connectivity index (χ2n) is 7.20.